The van der Waals surface area contributed by atoms with Gasteiger partial charge < -0.3 is 15.2 Å². The normalized spacial score (nSPS) is 18.1. The summed E-state index contributed by atoms with van der Waals surface area (Å²) in [5, 5.41) is 13.2. The van der Waals surface area contributed by atoms with Gasteiger partial charge in [-0.3, -0.25) is 9.59 Å². The van der Waals surface area contributed by atoms with E-state index in [9.17, 15) is 19.5 Å². The fraction of sp³-hybridized carbons (Fsp3) is 0.318. The molecule has 158 valence electrons. The Hall–Kier alpha value is -2.64. The number of allylic oxidation sites excluding steroid dienone is 2. The van der Waals surface area contributed by atoms with E-state index in [0.717, 1.165) is 10.4 Å². The van der Waals surface area contributed by atoms with Crippen LogP contribution in [-0.2, 0) is 14.3 Å². The summed E-state index contributed by atoms with van der Waals surface area (Å²) in [6.07, 6.45) is 4.24. The molecule has 0 radical (unpaired) electrons. The second-order valence-electron chi connectivity index (χ2n) is 6.95. The molecule has 0 aliphatic heterocycles. The Morgan fingerprint density at radius 1 is 1.17 bits per heavy atom. The fourth-order valence-electron chi connectivity index (χ4n) is 3.58. The van der Waals surface area contributed by atoms with Crippen LogP contribution in [0.3, 0.4) is 0 Å². The first-order chi connectivity index (χ1) is 14.3. The maximum Gasteiger partial charge on any atom is 0.341 e. The van der Waals surface area contributed by atoms with Gasteiger partial charge in [-0.15, -0.1) is 11.3 Å². The third kappa shape index (κ3) is 4.57. The molecule has 2 atom stereocenters. The lowest BCUT2D eigenvalue weighted by Crippen LogP contribution is -2.34. The van der Waals surface area contributed by atoms with E-state index < -0.39 is 29.7 Å². The minimum absolute atomic E-state index is 0.190. The number of esters is 1. The summed E-state index contributed by atoms with van der Waals surface area (Å²) in [5.41, 5.74) is 1.72. The molecule has 8 heteroatoms. The molecule has 6 nitrogen and oxygen atoms in total. The van der Waals surface area contributed by atoms with Crippen LogP contribution in [0.1, 0.15) is 35.0 Å². The molecule has 1 aliphatic rings. The van der Waals surface area contributed by atoms with Crippen molar-refractivity contribution in [3.8, 4) is 11.1 Å². The van der Waals surface area contributed by atoms with Gasteiger partial charge in [-0.25, -0.2) is 4.79 Å². The Kier molecular flexibility index (Phi) is 6.95. The zero-order chi connectivity index (χ0) is 21.8. The maximum absolute atomic E-state index is 12.9. The molecule has 1 aromatic heterocycles. The average Bonchev–Trinajstić information content (AvgIpc) is 3.04. The summed E-state index contributed by atoms with van der Waals surface area (Å²) in [6.45, 7) is 3.76. The number of hydrogen-bond donors (Lipinski definition) is 2. The van der Waals surface area contributed by atoms with Gasteiger partial charge >= 0.3 is 11.9 Å². The van der Waals surface area contributed by atoms with Crippen molar-refractivity contribution in [2.75, 3.05) is 11.9 Å². The predicted octanol–water partition coefficient (Wildman–Crippen LogP) is 5.16. The quantitative estimate of drug-likeness (QED) is 0.471. The van der Waals surface area contributed by atoms with E-state index in [1.807, 2.05) is 13.0 Å². The number of halogens is 1. The second-order valence-corrected chi connectivity index (χ2v) is 8.61. The number of amides is 1. The third-order valence-electron chi connectivity index (χ3n) is 5.02. The average molecular weight is 448 g/mol. The number of carboxylic acid groups (broad SMARTS) is 1. The number of nitrogens with one attached hydrogen (secondary N) is 1. The SMILES string of the molecule is CCOC(=O)c1c(NC(=O)C2CC=CCC2C(=O)O)sc(C)c1-c1ccc(Cl)cc1. The number of ether oxygens (including phenoxy) is 1. The van der Waals surface area contributed by atoms with Crippen LogP contribution in [-0.4, -0.2) is 29.6 Å². The highest BCUT2D eigenvalue weighted by Gasteiger charge is 2.35. The largest absolute Gasteiger partial charge is 0.481 e. The number of benzene rings is 1. The third-order valence-corrected chi connectivity index (χ3v) is 6.29. The van der Waals surface area contributed by atoms with Crippen molar-refractivity contribution in [3.05, 3.63) is 51.9 Å². The maximum atomic E-state index is 12.9. The van der Waals surface area contributed by atoms with E-state index in [4.69, 9.17) is 16.3 Å². The molecule has 30 heavy (non-hydrogen) atoms. The lowest BCUT2D eigenvalue weighted by Gasteiger charge is -2.24. The van der Waals surface area contributed by atoms with Crippen LogP contribution in [0.5, 0.6) is 0 Å². The lowest BCUT2D eigenvalue weighted by atomic mass is 9.82. The number of anilines is 1. The second kappa shape index (κ2) is 9.45. The molecule has 0 bridgehead atoms. The fourth-order valence-corrected chi connectivity index (χ4v) is 4.77. The van der Waals surface area contributed by atoms with Crippen molar-refractivity contribution in [1.29, 1.82) is 0 Å². The summed E-state index contributed by atoms with van der Waals surface area (Å²) in [6, 6.07) is 7.07. The highest BCUT2D eigenvalue weighted by molar-refractivity contribution is 7.17. The minimum Gasteiger partial charge on any atom is -0.481 e. The van der Waals surface area contributed by atoms with Crippen LogP contribution < -0.4 is 5.32 Å². The Balaban J connectivity index is 2.00. The lowest BCUT2D eigenvalue weighted by molar-refractivity contribution is -0.146. The number of carboxylic acids is 1. The summed E-state index contributed by atoms with van der Waals surface area (Å²) >= 11 is 7.26. The summed E-state index contributed by atoms with van der Waals surface area (Å²) in [5.74, 6) is -3.46. The smallest absolute Gasteiger partial charge is 0.341 e. The van der Waals surface area contributed by atoms with Crippen LogP contribution in [0.25, 0.3) is 11.1 Å². The molecule has 0 saturated heterocycles. The van der Waals surface area contributed by atoms with Crippen molar-refractivity contribution in [3.63, 3.8) is 0 Å². The van der Waals surface area contributed by atoms with Crippen LogP contribution in [0.15, 0.2) is 36.4 Å². The van der Waals surface area contributed by atoms with E-state index in [0.29, 0.717) is 28.4 Å². The first kappa shape index (κ1) is 22.1. The van der Waals surface area contributed by atoms with Gasteiger partial charge in [0.25, 0.3) is 0 Å². The Labute approximate surface area is 183 Å². The number of rotatable bonds is 6. The monoisotopic (exact) mass is 447 g/mol. The van der Waals surface area contributed by atoms with Crippen molar-refractivity contribution in [2.45, 2.75) is 26.7 Å². The number of carbonyl (C=O) groups is 3. The topological polar surface area (TPSA) is 92.7 Å². The zero-order valence-corrected chi connectivity index (χ0v) is 18.2. The molecule has 1 heterocycles. The van der Waals surface area contributed by atoms with Gasteiger partial charge in [0.2, 0.25) is 5.91 Å². The molecule has 2 unspecified atom stereocenters. The Morgan fingerprint density at radius 2 is 1.80 bits per heavy atom. The van der Waals surface area contributed by atoms with Crippen molar-refractivity contribution >= 4 is 45.8 Å². The summed E-state index contributed by atoms with van der Waals surface area (Å²) in [7, 11) is 0. The van der Waals surface area contributed by atoms with Crippen LogP contribution in [0.4, 0.5) is 5.00 Å². The van der Waals surface area contributed by atoms with Crippen molar-refractivity contribution in [2.24, 2.45) is 11.8 Å². The van der Waals surface area contributed by atoms with Gasteiger partial charge in [0, 0.05) is 15.5 Å². The van der Waals surface area contributed by atoms with E-state index >= 15 is 0 Å². The predicted molar refractivity (Wildman–Crippen MR) is 117 cm³/mol. The molecular weight excluding hydrogens is 426 g/mol. The Bertz CT molecular complexity index is 996. The van der Waals surface area contributed by atoms with Gasteiger partial charge in [0.05, 0.1) is 18.4 Å². The number of aryl methyl sites for hydroxylation is 1. The molecule has 2 aromatic rings. The van der Waals surface area contributed by atoms with Gasteiger partial charge in [-0.05, 0) is 44.4 Å². The van der Waals surface area contributed by atoms with Crippen molar-refractivity contribution in [1.82, 2.24) is 0 Å². The molecule has 1 amide bonds. The van der Waals surface area contributed by atoms with E-state index in [1.54, 1.807) is 37.3 Å². The van der Waals surface area contributed by atoms with Crippen molar-refractivity contribution < 1.29 is 24.2 Å². The minimum atomic E-state index is -1.01. The molecule has 0 spiro atoms. The van der Waals surface area contributed by atoms with E-state index in [-0.39, 0.29) is 12.2 Å². The molecule has 1 aromatic carbocycles. The summed E-state index contributed by atoms with van der Waals surface area (Å²) in [4.78, 5) is 38.1. The molecule has 2 N–H and O–H groups in total. The van der Waals surface area contributed by atoms with Gasteiger partial charge in [-0.1, -0.05) is 35.9 Å². The molecule has 3 rings (SSSR count). The zero-order valence-electron chi connectivity index (χ0n) is 16.6. The molecule has 0 fully saturated rings. The Morgan fingerprint density at radius 3 is 2.40 bits per heavy atom. The molecule has 1 aliphatic carbocycles. The first-order valence-corrected chi connectivity index (χ1v) is 10.8. The first-order valence-electron chi connectivity index (χ1n) is 9.58. The number of aliphatic carboxylic acids is 1. The van der Waals surface area contributed by atoms with Crippen LogP contribution in [0.2, 0.25) is 5.02 Å². The van der Waals surface area contributed by atoms with E-state index in [1.165, 1.54) is 11.3 Å². The standard InChI is InChI=1S/C22H22ClNO5S/c1-3-29-22(28)18-17(13-8-10-14(23)11-9-13)12(2)30-20(18)24-19(25)15-6-4-5-7-16(15)21(26)27/h4-5,8-11,15-16H,3,6-7H2,1-2H3,(H,24,25)(H,26,27). The highest BCUT2D eigenvalue weighted by atomic mass is 35.5. The van der Waals surface area contributed by atoms with E-state index in [2.05, 4.69) is 5.32 Å². The highest BCUT2D eigenvalue weighted by Crippen LogP contribution is 2.41. The van der Waals surface area contributed by atoms with Crippen LogP contribution >= 0.6 is 22.9 Å². The number of thiophene rings is 1. The molecule has 0 saturated carbocycles. The summed E-state index contributed by atoms with van der Waals surface area (Å²) < 4.78 is 5.24. The van der Waals surface area contributed by atoms with Crippen LogP contribution in [0, 0.1) is 18.8 Å². The number of hydrogen-bond acceptors (Lipinski definition) is 5. The molecular formula is C22H22ClNO5S. The van der Waals surface area contributed by atoms with Gasteiger partial charge in [0.15, 0.2) is 0 Å². The van der Waals surface area contributed by atoms with Gasteiger partial charge in [0.1, 0.15) is 10.6 Å². The van der Waals surface area contributed by atoms with Gasteiger partial charge in [-0.2, -0.15) is 0 Å². The number of carbonyl (C=O) groups excluding carboxylic acids is 2.